The summed E-state index contributed by atoms with van der Waals surface area (Å²) in [5.41, 5.74) is 9.11. The Hall–Kier alpha value is -2.04. The average Bonchev–Trinajstić information content (AvgIpc) is 3.08. The van der Waals surface area contributed by atoms with Crippen LogP contribution in [0.5, 0.6) is 0 Å². The van der Waals surface area contributed by atoms with Gasteiger partial charge in [-0.1, -0.05) is 6.08 Å². The third kappa shape index (κ3) is 1.95. The van der Waals surface area contributed by atoms with Crippen molar-refractivity contribution in [2.75, 3.05) is 5.73 Å². The van der Waals surface area contributed by atoms with Crippen molar-refractivity contribution < 1.29 is 0 Å². The van der Waals surface area contributed by atoms with Crippen LogP contribution >= 0.6 is 0 Å². The van der Waals surface area contributed by atoms with E-state index in [4.69, 9.17) is 10.7 Å². The summed E-state index contributed by atoms with van der Waals surface area (Å²) < 4.78 is 3.87. The third-order valence-corrected chi connectivity index (χ3v) is 3.56. The SMILES string of the molecule is C=CCn1c(C2CC2)nc(-c2cn(C)nc2C)c1N. The summed E-state index contributed by atoms with van der Waals surface area (Å²) in [6.07, 6.45) is 6.25. The number of hydrogen-bond acceptors (Lipinski definition) is 3. The van der Waals surface area contributed by atoms with E-state index < -0.39 is 0 Å². The van der Waals surface area contributed by atoms with Gasteiger partial charge in [-0.2, -0.15) is 5.10 Å². The molecule has 5 nitrogen and oxygen atoms in total. The van der Waals surface area contributed by atoms with E-state index in [9.17, 15) is 0 Å². The first-order chi connectivity index (χ1) is 9.11. The third-order valence-electron chi connectivity index (χ3n) is 3.56. The van der Waals surface area contributed by atoms with Gasteiger partial charge >= 0.3 is 0 Å². The number of nitrogen functional groups attached to an aromatic ring is 1. The van der Waals surface area contributed by atoms with Crippen molar-refractivity contribution in [3.8, 4) is 11.3 Å². The summed E-state index contributed by atoms with van der Waals surface area (Å²) in [5, 5.41) is 4.37. The number of nitrogens with two attached hydrogens (primary N) is 1. The Morgan fingerprint density at radius 1 is 1.53 bits per heavy atom. The zero-order chi connectivity index (χ0) is 13.6. The molecule has 0 unspecified atom stereocenters. The Balaban J connectivity index is 2.13. The van der Waals surface area contributed by atoms with Crippen LogP contribution < -0.4 is 5.73 Å². The van der Waals surface area contributed by atoms with Crippen LogP contribution in [-0.4, -0.2) is 19.3 Å². The Bertz CT molecular complexity index is 631. The predicted molar refractivity (Wildman–Crippen MR) is 75.8 cm³/mol. The van der Waals surface area contributed by atoms with E-state index in [0.29, 0.717) is 12.5 Å². The topological polar surface area (TPSA) is 61.7 Å². The lowest BCUT2D eigenvalue weighted by molar-refractivity contribution is 0.750. The van der Waals surface area contributed by atoms with E-state index in [1.165, 1.54) is 12.8 Å². The number of allylic oxidation sites excluding steroid dienone is 1. The highest BCUT2D eigenvalue weighted by atomic mass is 15.3. The van der Waals surface area contributed by atoms with Crippen LogP contribution in [0.3, 0.4) is 0 Å². The summed E-state index contributed by atoms with van der Waals surface area (Å²) in [7, 11) is 1.91. The molecule has 0 aromatic carbocycles. The maximum absolute atomic E-state index is 6.28. The molecule has 0 amide bonds. The van der Waals surface area contributed by atoms with E-state index in [1.54, 1.807) is 4.68 Å². The first kappa shape index (κ1) is 12.0. The Morgan fingerprint density at radius 3 is 2.79 bits per heavy atom. The molecular formula is C14H19N5. The van der Waals surface area contributed by atoms with E-state index in [2.05, 4.69) is 16.2 Å². The molecule has 0 saturated heterocycles. The van der Waals surface area contributed by atoms with E-state index in [1.807, 2.05) is 26.2 Å². The maximum Gasteiger partial charge on any atom is 0.132 e. The molecule has 0 aliphatic heterocycles. The molecule has 1 fully saturated rings. The van der Waals surface area contributed by atoms with Crippen molar-refractivity contribution in [3.63, 3.8) is 0 Å². The number of imidazole rings is 1. The van der Waals surface area contributed by atoms with E-state index >= 15 is 0 Å². The summed E-state index contributed by atoms with van der Waals surface area (Å²) in [6.45, 7) is 6.50. The molecule has 100 valence electrons. The number of rotatable bonds is 4. The summed E-state index contributed by atoms with van der Waals surface area (Å²) >= 11 is 0. The van der Waals surface area contributed by atoms with Gasteiger partial charge < -0.3 is 10.3 Å². The number of aromatic nitrogens is 4. The van der Waals surface area contributed by atoms with Gasteiger partial charge in [-0.05, 0) is 19.8 Å². The Morgan fingerprint density at radius 2 is 2.26 bits per heavy atom. The smallest absolute Gasteiger partial charge is 0.132 e. The molecule has 1 aliphatic rings. The van der Waals surface area contributed by atoms with Crippen LogP contribution in [0.4, 0.5) is 5.82 Å². The quantitative estimate of drug-likeness (QED) is 0.854. The monoisotopic (exact) mass is 257 g/mol. The van der Waals surface area contributed by atoms with Gasteiger partial charge in [0.25, 0.3) is 0 Å². The highest BCUT2D eigenvalue weighted by Gasteiger charge is 2.31. The molecule has 0 spiro atoms. The molecule has 19 heavy (non-hydrogen) atoms. The second kappa shape index (κ2) is 4.26. The number of hydrogen-bond donors (Lipinski definition) is 1. The van der Waals surface area contributed by atoms with Gasteiger partial charge in [-0.3, -0.25) is 4.68 Å². The Labute approximate surface area is 112 Å². The lowest BCUT2D eigenvalue weighted by Gasteiger charge is -2.05. The molecule has 2 aromatic rings. The molecule has 3 rings (SSSR count). The second-order valence-corrected chi connectivity index (χ2v) is 5.18. The number of anilines is 1. The molecule has 0 atom stereocenters. The normalized spacial score (nSPS) is 14.8. The summed E-state index contributed by atoms with van der Waals surface area (Å²) in [5.74, 6) is 2.38. The molecular weight excluding hydrogens is 238 g/mol. The van der Waals surface area contributed by atoms with Gasteiger partial charge in [0.15, 0.2) is 0 Å². The maximum atomic E-state index is 6.28. The zero-order valence-corrected chi connectivity index (χ0v) is 11.4. The fourth-order valence-corrected chi connectivity index (χ4v) is 2.49. The minimum atomic E-state index is 0.563. The lowest BCUT2D eigenvalue weighted by atomic mass is 10.2. The van der Waals surface area contributed by atoms with Crippen LogP contribution in [0, 0.1) is 6.92 Å². The number of aryl methyl sites for hydroxylation is 2. The van der Waals surface area contributed by atoms with Crippen molar-refractivity contribution >= 4 is 5.82 Å². The summed E-state index contributed by atoms with van der Waals surface area (Å²) in [6, 6.07) is 0. The van der Waals surface area contributed by atoms with Gasteiger partial charge in [-0.15, -0.1) is 6.58 Å². The molecule has 1 saturated carbocycles. The second-order valence-electron chi connectivity index (χ2n) is 5.18. The predicted octanol–water partition coefficient (Wildman–Crippen LogP) is 2.24. The highest BCUT2D eigenvalue weighted by molar-refractivity contribution is 5.72. The minimum Gasteiger partial charge on any atom is -0.383 e. The molecule has 2 aromatic heterocycles. The van der Waals surface area contributed by atoms with Crippen molar-refractivity contribution in [2.45, 2.75) is 32.2 Å². The fourth-order valence-electron chi connectivity index (χ4n) is 2.49. The highest BCUT2D eigenvalue weighted by Crippen LogP contribution is 2.42. The van der Waals surface area contributed by atoms with Gasteiger partial charge in [0, 0.05) is 31.3 Å². The molecule has 2 heterocycles. The van der Waals surface area contributed by atoms with Crippen LogP contribution in [0.15, 0.2) is 18.9 Å². The van der Waals surface area contributed by atoms with Crippen molar-refractivity contribution in [2.24, 2.45) is 7.05 Å². The van der Waals surface area contributed by atoms with Crippen LogP contribution in [0.25, 0.3) is 11.3 Å². The lowest BCUT2D eigenvalue weighted by Crippen LogP contribution is -2.05. The van der Waals surface area contributed by atoms with Crippen LogP contribution in [0.1, 0.15) is 30.3 Å². The molecule has 5 heteroatoms. The average molecular weight is 257 g/mol. The Kier molecular flexibility index (Phi) is 2.69. The van der Waals surface area contributed by atoms with Crippen molar-refractivity contribution in [1.29, 1.82) is 0 Å². The molecule has 1 aliphatic carbocycles. The van der Waals surface area contributed by atoms with Crippen LogP contribution in [-0.2, 0) is 13.6 Å². The van der Waals surface area contributed by atoms with Gasteiger partial charge in [0.1, 0.15) is 17.3 Å². The first-order valence-electron chi connectivity index (χ1n) is 6.59. The van der Waals surface area contributed by atoms with Crippen molar-refractivity contribution in [1.82, 2.24) is 19.3 Å². The van der Waals surface area contributed by atoms with Gasteiger partial charge in [0.05, 0.1) is 5.69 Å². The van der Waals surface area contributed by atoms with Crippen molar-refractivity contribution in [3.05, 3.63) is 30.4 Å². The first-order valence-corrected chi connectivity index (χ1v) is 6.59. The van der Waals surface area contributed by atoms with Gasteiger partial charge in [-0.25, -0.2) is 4.98 Å². The molecule has 0 bridgehead atoms. The largest absolute Gasteiger partial charge is 0.383 e. The number of nitrogens with zero attached hydrogens (tertiary/aromatic N) is 4. The standard InChI is InChI=1S/C14H19N5/c1-4-7-19-13(15)12(16-14(19)10-5-6-10)11-8-18(3)17-9(11)2/h4,8,10H,1,5-7,15H2,2-3H3. The minimum absolute atomic E-state index is 0.563. The molecule has 0 radical (unpaired) electrons. The summed E-state index contributed by atoms with van der Waals surface area (Å²) in [4.78, 5) is 4.77. The van der Waals surface area contributed by atoms with E-state index in [0.717, 1.165) is 28.6 Å². The van der Waals surface area contributed by atoms with Gasteiger partial charge in [0.2, 0.25) is 0 Å². The van der Waals surface area contributed by atoms with Crippen LogP contribution in [0.2, 0.25) is 0 Å². The molecule has 2 N–H and O–H groups in total. The zero-order valence-electron chi connectivity index (χ0n) is 11.4. The van der Waals surface area contributed by atoms with E-state index in [-0.39, 0.29) is 0 Å². The fraction of sp³-hybridized carbons (Fsp3) is 0.429.